The highest BCUT2D eigenvalue weighted by molar-refractivity contribution is 7.99. The molecule has 0 saturated heterocycles. The third kappa shape index (κ3) is 3.39. The molecular formula is C8H9NO2S. The largest absolute Gasteiger partial charge is 0.481 e. The summed E-state index contributed by atoms with van der Waals surface area (Å²) in [6.45, 7) is 0. The van der Waals surface area contributed by atoms with Crippen LogP contribution in [0.25, 0.3) is 0 Å². The molecule has 0 aliphatic carbocycles. The molecule has 1 aromatic rings. The van der Waals surface area contributed by atoms with Crippen LogP contribution >= 0.6 is 11.8 Å². The number of aliphatic carboxylic acids is 1. The van der Waals surface area contributed by atoms with E-state index in [1.807, 2.05) is 18.2 Å². The van der Waals surface area contributed by atoms with E-state index in [1.165, 1.54) is 11.8 Å². The zero-order valence-electron chi connectivity index (χ0n) is 6.43. The van der Waals surface area contributed by atoms with E-state index in [1.54, 1.807) is 6.20 Å². The molecule has 3 nitrogen and oxygen atoms in total. The molecule has 64 valence electrons. The normalized spacial score (nSPS) is 9.67. The predicted molar refractivity (Wildman–Crippen MR) is 48.0 cm³/mol. The van der Waals surface area contributed by atoms with Crippen molar-refractivity contribution < 1.29 is 9.90 Å². The van der Waals surface area contributed by atoms with Crippen LogP contribution in [-0.4, -0.2) is 21.8 Å². The number of carboxylic acids is 1. The van der Waals surface area contributed by atoms with E-state index >= 15 is 0 Å². The number of hydrogen-bond acceptors (Lipinski definition) is 3. The van der Waals surface area contributed by atoms with Gasteiger partial charge in [0.2, 0.25) is 0 Å². The van der Waals surface area contributed by atoms with Crippen LogP contribution in [0.1, 0.15) is 5.69 Å². The average Bonchev–Trinajstić information content (AvgIpc) is 2.05. The Kier molecular flexibility index (Phi) is 3.60. The Morgan fingerprint density at radius 2 is 2.42 bits per heavy atom. The lowest BCUT2D eigenvalue weighted by Gasteiger charge is -1.96. The van der Waals surface area contributed by atoms with Crippen LogP contribution in [0.2, 0.25) is 0 Å². The van der Waals surface area contributed by atoms with Crippen LogP contribution in [0.4, 0.5) is 0 Å². The summed E-state index contributed by atoms with van der Waals surface area (Å²) in [6.07, 6.45) is 1.71. The average molecular weight is 183 g/mol. The van der Waals surface area contributed by atoms with Crippen LogP contribution in [-0.2, 0) is 10.5 Å². The van der Waals surface area contributed by atoms with E-state index in [9.17, 15) is 4.79 Å². The fraction of sp³-hybridized carbons (Fsp3) is 0.250. The van der Waals surface area contributed by atoms with Crippen molar-refractivity contribution in [3.05, 3.63) is 30.1 Å². The molecule has 0 saturated carbocycles. The number of carboxylic acid groups (broad SMARTS) is 1. The summed E-state index contributed by atoms with van der Waals surface area (Å²) < 4.78 is 0. The van der Waals surface area contributed by atoms with E-state index in [0.717, 1.165) is 5.69 Å². The van der Waals surface area contributed by atoms with Gasteiger partial charge in [-0.1, -0.05) is 6.07 Å². The summed E-state index contributed by atoms with van der Waals surface area (Å²) in [5, 5.41) is 8.35. The lowest BCUT2D eigenvalue weighted by Crippen LogP contribution is -1.98. The van der Waals surface area contributed by atoms with Crippen molar-refractivity contribution in [2.75, 3.05) is 5.75 Å². The Morgan fingerprint density at radius 1 is 1.58 bits per heavy atom. The minimum absolute atomic E-state index is 0.135. The van der Waals surface area contributed by atoms with E-state index in [0.29, 0.717) is 5.75 Å². The van der Waals surface area contributed by atoms with E-state index in [2.05, 4.69) is 4.98 Å². The molecule has 0 fully saturated rings. The molecule has 4 heteroatoms. The zero-order chi connectivity index (χ0) is 8.81. The van der Waals surface area contributed by atoms with Gasteiger partial charge in [-0.3, -0.25) is 9.78 Å². The fourth-order valence-corrected chi connectivity index (χ4v) is 1.38. The second kappa shape index (κ2) is 4.77. The quantitative estimate of drug-likeness (QED) is 0.766. The molecular weight excluding hydrogens is 174 g/mol. The molecule has 0 atom stereocenters. The molecule has 1 N–H and O–H groups in total. The Balaban J connectivity index is 2.29. The summed E-state index contributed by atoms with van der Waals surface area (Å²) in [7, 11) is 0. The number of rotatable bonds is 4. The maximum atomic E-state index is 10.1. The minimum atomic E-state index is -0.782. The molecule has 12 heavy (non-hydrogen) atoms. The Hall–Kier alpha value is -1.03. The van der Waals surface area contributed by atoms with Crippen LogP contribution in [0.3, 0.4) is 0 Å². The van der Waals surface area contributed by atoms with Gasteiger partial charge in [0.15, 0.2) is 0 Å². The summed E-state index contributed by atoms with van der Waals surface area (Å²) in [5.41, 5.74) is 0.920. The molecule has 0 spiro atoms. The molecule has 0 aliphatic heterocycles. The summed E-state index contributed by atoms with van der Waals surface area (Å²) >= 11 is 1.35. The summed E-state index contributed by atoms with van der Waals surface area (Å²) in [6, 6.07) is 5.61. The van der Waals surface area contributed by atoms with Gasteiger partial charge in [0, 0.05) is 11.9 Å². The van der Waals surface area contributed by atoms with Crippen LogP contribution < -0.4 is 0 Å². The molecule has 1 rings (SSSR count). The lowest BCUT2D eigenvalue weighted by atomic mass is 10.4. The molecule has 1 aromatic heterocycles. The minimum Gasteiger partial charge on any atom is -0.481 e. The first-order chi connectivity index (χ1) is 5.79. The smallest absolute Gasteiger partial charge is 0.313 e. The standard InChI is InChI=1S/C8H9NO2S/c10-8(11)6-12-5-7-3-1-2-4-9-7/h1-4H,5-6H2,(H,10,11). The van der Waals surface area contributed by atoms with Gasteiger partial charge in [-0.05, 0) is 12.1 Å². The van der Waals surface area contributed by atoms with E-state index in [-0.39, 0.29) is 5.75 Å². The fourth-order valence-electron chi connectivity index (χ4n) is 0.726. The maximum Gasteiger partial charge on any atom is 0.313 e. The van der Waals surface area contributed by atoms with Crippen molar-refractivity contribution in [2.45, 2.75) is 5.75 Å². The number of carbonyl (C=O) groups is 1. The van der Waals surface area contributed by atoms with E-state index in [4.69, 9.17) is 5.11 Å². The first-order valence-corrected chi connectivity index (χ1v) is 4.64. The highest BCUT2D eigenvalue weighted by atomic mass is 32.2. The van der Waals surface area contributed by atoms with E-state index < -0.39 is 5.97 Å². The summed E-state index contributed by atoms with van der Waals surface area (Å²) in [4.78, 5) is 14.2. The first kappa shape index (κ1) is 9.06. The number of nitrogens with zero attached hydrogens (tertiary/aromatic N) is 1. The Morgan fingerprint density at radius 3 is 3.00 bits per heavy atom. The maximum absolute atomic E-state index is 10.1. The predicted octanol–water partition coefficient (Wildman–Crippen LogP) is 1.40. The van der Waals surface area contributed by atoms with Crippen molar-refractivity contribution in [1.82, 2.24) is 4.98 Å². The van der Waals surface area contributed by atoms with Crippen molar-refractivity contribution in [2.24, 2.45) is 0 Å². The van der Waals surface area contributed by atoms with Gasteiger partial charge in [0.25, 0.3) is 0 Å². The van der Waals surface area contributed by atoms with Crippen molar-refractivity contribution in [3.63, 3.8) is 0 Å². The second-order valence-corrected chi connectivity index (χ2v) is 3.19. The van der Waals surface area contributed by atoms with Gasteiger partial charge in [0.1, 0.15) is 0 Å². The number of thioether (sulfide) groups is 1. The third-order valence-corrected chi connectivity index (χ3v) is 2.15. The molecule has 0 aromatic carbocycles. The third-order valence-electron chi connectivity index (χ3n) is 1.20. The van der Waals surface area contributed by atoms with Gasteiger partial charge >= 0.3 is 5.97 Å². The van der Waals surface area contributed by atoms with Crippen LogP contribution in [0.15, 0.2) is 24.4 Å². The second-order valence-electron chi connectivity index (χ2n) is 2.21. The zero-order valence-corrected chi connectivity index (χ0v) is 7.25. The molecule has 0 aliphatic rings. The molecule has 0 radical (unpaired) electrons. The highest BCUT2D eigenvalue weighted by Crippen LogP contribution is 2.08. The van der Waals surface area contributed by atoms with Gasteiger partial charge in [-0.25, -0.2) is 0 Å². The topological polar surface area (TPSA) is 50.2 Å². The monoisotopic (exact) mass is 183 g/mol. The molecule has 0 bridgehead atoms. The highest BCUT2D eigenvalue weighted by Gasteiger charge is 1.97. The molecule has 1 heterocycles. The van der Waals surface area contributed by atoms with Crippen molar-refractivity contribution >= 4 is 17.7 Å². The number of pyridine rings is 1. The summed E-state index contributed by atoms with van der Waals surface area (Å²) in [5.74, 6) is 0.0138. The van der Waals surface area contributed by atoms with Crippen LogP contribution in [0.5, 0.6) is 0 Å². The molecule has 0 unspecified atom stereocenters. The van der Waals surface area contributed by atoms with Gasteiger partial charge in [0.05, 0.1) is 11.4 Å². The van der Waals surface area contributed by atoms with Gasteiger partial charge in [-0.15, -0.1) is 11.8 Å². The van der Waals surface area contributed by atoms with Crippen LogP contribution in [0, 0.1) is 0 Å². The Bertz CT molecular complexity index is 250. The lowest BCUT2D eigenvalue weighted by molar-refractivity contribution is -0.133. The number of hydrogen-bond donors (Lipinski definition) is 1. The first-order valence-electron chi connectivity index (χ1n) is 3.48. The van der Waals surface area contributed by atoms with Gasteiger partial charge < -0.3 is 5.11 Å². The SMILES string of the molecule is O=C(O)CSCc1ccccn1. The van der Waals surface area contributed by atoms with Crippen molar-refractivity contribution in [1.29, 1.82) is 0 Å². The molecule has 0 amide bonds. The Labute approximate surface area is 74.8 Å². The van der Waals surface area contributed by atoms with Gasteiger partial charge in [-0.2, -0.15) is 0 Å². The number of aromatic nitrogens is 1. The van der Waals surface area contributed by atoms with Crippen molar-refractivity contribution in [3.8, 4) is 0 Å².